The van der Waals surface area contributed by atoms with Crippen molar-refractivity contribution in [2.24, 2.45) is 10.8 Å². The van der Waals surface area contributed by atoms with Crippen LogP contribution in [0.4, 0.5) is 4.79 Å². The molecule has 0 bridgehead atoms. The van der Waals surface area contributed by atoms with E-state index >= 15 is 0 Å². The van der Waals surface area contributed by atoms with E-state index in [4.69, 9.17) is 18.9 Å². The van der Waals surface area contributed by atoms with E-state index in [1.807, 2.05) is 57.2 Å². The molecular formula is C35H46N2O7. The zero-order valence-corrected chi connectivity index (χ0v) is 26.9. The topological polar surface area (TPSA) is 103 Å². The van der Waals surface area contributed by atoms with E-state index in [0.29, 0.717) is 5.75 Å². The molecule has 1 N–H and O–H groups in total. The Morgan fingerprint density at radius 2 is 1.82 bits per heavy atom. The number of likely N-dealkylation sites (tertiary alicyclic amines) is 1. The highest BCUT2D eigenvalue weighted by Crippen LogP contribution is 2.52. The van der Waals surface area contributed by atoms with Gasteiger partial charge in [0.15, 0.2) is 0 Å². The molecule has 1 heterocycles. The first-order valence-electron chi connectivity index (χ1n) is 15.1. The Morgan fingerprint density at radius 1 is 1.09 bits per heavy atom. The zero-order chi connectivity index (χ0) is 32.3. The molecule has 44 heavy (non-hydrogen) atoms. The largest absolute Gasteiger partial charge is 0.496 e. The number of hydrogen-bond donors (Lipinski definition) is 1. The third kappa shape index (κ3) is 6.78. The fraction of sp³-hybridized carbons (Fsp3) is 0.514. The number of rotatable bonds is 12. The molecule has 0 spiro atoms. The number of nitrogens with one attached hydrogen (secondary N) is 1. The number of alkyl carbamates (subject to hydrolysis) is 1. The lowest BCUT2D eigenvalue weighted by Crippen LogP contribution is -2.57. The minimum Gasteiger partial charge on any atom is -0.496 e. The molecule has 2 amide bonds. The van der Waals surface area contributed by atoms with Crippen LogP contribution < -0.4 is 10.1 Å². The second-order valence-corrected chi connectivity index (χ2v) is 13.1. The lowest BCUT2D eigenvalue weighted by molar-refractivity contribution is -0.152. The number of esters is 1. The van der Waals surface area contributed by atoms with Crippen LogP contribution in [0.15, 0.2) is 49.6 Å². The van der Waals surface area contributed by atoms with Crippen molar-refractivity contribution in [3.05, 3.63) is 60.7 Å². The number of fused-ring (bicyclic) bond motifs is 1. The number of hydrogen-bond acceptors (Lipinski definition) is 7. The molecule has 2 aromatic carbocycles. The van der Waals surface area contributed by atoms with Crippen molar-refractivity contribution in [2.75, 3.05) is 34.5 Å². The molecule has 0 radical (unpaired) electrons. The lowest BCUT2D eigenvalue weighted by atomic mass is 9.85. The molecule has 1 aliphatic heterocycles. The average molecular weight is 607 g/mol. The first-order valence-corrected chi connectivity index (χ1v) is 15.1. The number of carbonyl (C=O) groups excluding carboxylic acids is 3. The maximum atomic E-state index is 14.2. The van der Waals surface area contributed by atoms with Crippen LogP contribution in [-0.4, -0.2) is 69.4 Å². The molecule has 238 valence electrons. The fourth-order valence-electron chi connectivity index (χ4n) is 6.21. The van der Waals surface area contributed by atoms with Crippen molar-refractivity contribution in [3.8, 4) is 5.75 Å². The summed E-state index contributed by atoms with van der Waals surface area (Å²) >= 11 is 0. The summed E-state index contributed by atoms with van der Waals surface area (Å²) in [5, 5.41) is 4.70. The summed E-state index contributed by atoms with van der Waals surface area (Å²) in [6.45, 7) is 13.7. The first-order chi connectivity index (χ1) is 20.9. The van der Waals surface area contributed by atoms with E-state index in [1.54, 1.807) is 20.3 Å². The molecule has 9 nitrogen and oxygen atoms in total. The molecule has 2 aromatic rings. The maximum absolute atomic E-state index is 14.2. The summed E-state index contributed by atoms with van der Waals surface area (Å²) < 4.78 is 22.3. The summed E-state index contributed by atoms with van der Waals surface area (Å²) in [4.78, 5) is 41.7. The zero-order valence-electron chi connectivity index (χ0n) is 26.9. The molecule has 1 saturated carbocycles. The average Bonchev–Trinajstić information content (AvgIpc) is 3.65. The summed E-state index contributed by atoms with van der Waals surface area (Å²) in [6.07, 6.45) is 7.00. The first kappa shape index (κ1) is 33.1. The second kappa shape index (κ2) is 13.0. The minimum absolute atomic E-state index is 0.0887. The monoisotopic (exact) mass is 606 g/mol. The van der Waals surface area contributed by atoms with Crippen LogP contribution in [0.1, 0.15) is 64.0 Å². The van der Waals surface area contributed by atoms with E-state index in [1.165, 1.54) is 12.0 Å². The lowest BCUT2D eigenvalue weighted by Gasteiger charge is -2.35. The van der Waals surface area contributed by atoms with Gasteiger partial charge in [-0.05, 0) is 71.0 Å². The molecule has 0 unspecified atom stereocenters. The third-order valence-electron chi connectivity index (χ3n) is 9.18. The number of allylic oxidation sites excluding steroid dienone is 1. The van der Waals surface area contributed by atoms with Gasteiger partial charge in [0, 0.05) is 19.1 Å². The van der Waals surface area contributed by atoms with E-state index in [9.17, 15) is 14.4 Å². The van der Waals surface area contributed by atoms with Gasteiger partial charge in [-0.1, -0.05) is 51.6 Å². The van der Waals surface area contributed by atoms with Crippen LogP contribution in [-0.2, 0) is 29.4 Å². The van der Waals surface area contributed by atoms with Gasteiger partial charge in [0.2, 0.25) is 5.91 Å². The van der Waals surface area contributed by atoms with Gasteiger partial charge in [-0.25, -0.2) is 9.59 Å². The van der Waals surface area contributed by atoms with Crippen molar-refractivity contribution in [1.29, 1.82) is 0 Å². The summed E-state index contributed by atoms with van der Waals surface area (Å²) in [5.74, 6) is -0.245. The Balaban J connectivity index is 1.60. The molecule has 2 aliphatic rings. The summed E-state index contributed by atoms with van der Waals surface area (Å²) in [7, 11) is 4.49. The molecule has 1 saturated heterocycles. The number of ether oxygens (including phenoxy) is 4. The van der Waals surface area contributed by atoms with Crippen molar-refractivity contribution >= 4 is 34.8 Å². The number of benzene rings is 2. The van der Waals surface area contributed by atoms with E-state index in [-0.39, 0.29) is 25.0 Å². The van der Waals surface area contributed by atoms with Gasteiger partial charge in [0.1, 0.15) is 23.4 Å². The Bertz CT molecular complexity index is 1420. The van der Waals surface area contributed by atoms with Gasteiger partial charge in [-0.3, -0.25) is 4.79 Å². The van der Waals surface area contributed by atoms with Crippen molar-refractivity contribution in [2.45, 2.75) is 70.6 Å². The number of carbonyl (C=O) groups is 3. The van der Waals surface area contributed by atoms with Crippen LogP contribution in [0.5, 0.6) is 5.75 Å². The SMILES string of the molecule is C=CCC1(CCOC(=O)N[C@H](C(=O)N2C[C@](OC)(c3ccc4cc(OC)c(C=C)cc4c3)C[C@H]2C(=O)OC)C(C)(C)C)CC1. The highest BCUT2D eigenvalue weighted by atomic mass is 16.5. The van der Waals surface area contributed by atoms with Gasteiger partial charge >= 0.3 is 12.1 Å². The Hall–Kier alpha value is -3.85. The predicted molar refractivity (Wildman–Crippen MR) is 170 cm³/mol. The quantitative estimate of drug-likeness (QED) is 0.234. The Morgan fingerprint density at radius 3 is 2.39 bits per heavy atom. The van der Waals surface area contributed by atoms with E-state index < -0.39 is 41.1 Å². The molecule has 1 aliphatic carbocycles. The van der Waals surface area contributed by atoms with Crippen LogP contribution in [0.25, 0.3) is 16.8 Å². The van der Waals surface area contributed by atoms with Crippen LogP contribution in [0.2, 0.25) is 0 Å². The van der Waals surface area contributed by atoms with Gasteiger partial charge in [-0.15, -0.1) is 6.58 Å². The van der Waals surface area contributed by atoms with Gasteiger partial charge in [0.25, 0.3) is 0 Å². The molecule has 9 heteroatoms. The van der Waals surface area contributed by atoms with E-state index in [2.05, 4.69) is 18.5 Å². The summed E-state index contributed by atoms with van der Waals surface area (Å²) in [6, 6.07) is 7.96. The number of nitrogens with zero attached hydrogens (tertiary/aromatic N) is 1. The highest BCUT2D eigenvalue weighted by molar-refractivity contribution is 5.92. The Kier molecular flexibility index (Phi) is 9.78. The highest BCUT2D eigenvalue weighted by Gasteiger charge is 2.53. The van der Waals surface area contributed by atoms with Crippen LogP contribution in [0.3, 0.4) is 0 Å². The normalized spacial score (nSPS) is 21.3. The maximum Gasteiger partial charge on any atom is 0.407 e. The second-order valence-electron chi connectivity index (χ2n) is 13.1. The standard InChI is InChI=1S/C35H46N2O7/c1-9-13-34(14-15-34)16-17-44-32(40)36-29(33(3,4)5)30(38)37-22-35(43-8,21-27(37)31(39)42-7)26-12-11-24-20-28(41-6)23(10-2)18-25(24)19-26/h9-12,18-20,27,29H,1-2,13-17,21-22H2,3-8H3,(H,36,40)/t27-,29+,35-/m0/s1. The van der Waals surface area contributed by atoms with Gasteiger partial charge in [-0.2, -0.15) is 0 Å². The van der Waals surface area contributed by atoms with Gasteiger partial charge < -0.3 is 29.2 Å². The smallest absolute Gasteiger partial charge is 0.407 e. The third-order valence-corrected chi connectivity index (χ3v) is 9.18. The van der Waals surface area contributed by atoms with Crippen molar-refractivity contribution < 1.29 is 33.3 Å². The summed E-state index contributed by atoms with van der Waals surface area (Å²) in [5.41, 5.74) is 0.154. The van der Waals surface area contributed by atoms with Crippen LogP contribution in [0, 0.1) is 10.8 Å². The van der Waals surface area contributed by atoms with Crippen molar-refractivity contribution in [1.82, 2.24) is 10.2 Å². The fourth-order valence-corrected chi connectivity index (χ4v) is 6.21. The van der Waals surface area contributed by atoms with E-state index in [0.717, 1.165) is 47.6 Å². The molecular weight excluding hydrogens is 560 g/mol. The Labute approximate surface area is 260 Å². The van der Waals surface area contributed by atoms with Crippen LogP contribution >= 0.6 is 0 Å². The molecule has 3 atom stereocenters. The molecule has 4 rings (SSSR count). The molecule has 2 fully saturated rings. The molecule has 0 aromatic heterocycles. The predicted octanol–water partition coefficient (Wildman–Crippen LogP) is 5.99. The van der Waals surface area contributed by atoms with Gasteiger partial charge in [0.05, 0.1) is 27.4 Å². The number of methoxy groups -OCH3 is 3. The minimum atomic E-state index is -0.996. The van der Waals surface area contributed by atoms with Crippen molar-refractivity contribution in [3.63, 3.8) is 0 Å². The number of amides is 2.